The summed E-state index contributed by atoms with van der Waals surface area (Å²) in [6.45, 7) is 4.69. The maximum atomic E-state index is 13.0. The number of ether oxygens (including phenoxy) is 3. The predicted molar refractivity (Wildman–Crippen MR) is 142 cm³/mol. The highest BCUT2D eigenvalue weighted by Gasteiger charge is 2.27. The van der Waals surface area contributed by atoms with Gasteiger partial charge in [-0.05, 0) is 62.6 Å². The summed E-state index contributed by atoms with van der Waals surface area (Å²) in [6.07, 6.45) is 3.06. The first-order valence-corrected chi connectivity index (χ1v) is 13.9. The van der Waals surface area contributed by atoms with Gasteiger partial charge in [-0.3, -0.25) is 9.59 Å². The van der Waals surface area contributed by atoms with Crippen molar-refractivity contribution >= 4 is 27.7 Å². The average Bonchev–Trinajstić information content (AvgIpc) is 3.46. The Morgan fingerprint density at radius 2 is 1.72 bits per heavy atom. The molecule has 12 heteroatoms. The molecule has 1 aliphatic rings. The molecule has 3 heterocycles. The van der Waals surface area contributed by atoms with Crippen molar-refractivity contribution in [3.05, 3.63) is 65.9 Å². The van der Waals surface area contributed by atoms with Crippen molar-refractivity contribution in [2.45, 2.75) is 44.1 Å². The van der Waals surface area contributed by atoms with Gasteiger partial charge < -0.3 is 19.5 Å². The normalized spacial score (nSPS) is 13.7. The number of nitrogens with one attached hydrogen (secondary N) is 1. The molecule has 2 aromatic heterocycles. The van der Waals surface area contributed by atoms with E-state index >= 15 is 0 Å². The Hall–Kier alpha value is -4.03. The second-order valence-electron chi connectivity index (χ2n) is 9.14. The number of methoxy groups -OCH3 is 1. The predicted octanol–water partition coefficient (Wildman–Crippen LogP) is 3.81. The van der Waals surface area contributed by atoms with Crippen molar-refractivity contribution < 1.29 is 32.2 Å². The number of sulfonamides is 1. The third kappa shape index (κ3) is 7.30. The van der Waals surface area contributed by atoms with Gasteiger partial charge in [0.2, 0.25) is 21.8 Å². The van der Waals surface area contributed by atoms with Gasteiger partial charge in [-0.1, -0.05) is 6.07 Å². The molecule has 11 nitrogen and oxygen atoms in total. The first-order chi connectivity index (χ1) is 18.6. The molecule has 0 unspecified atom stereocenters. The number of carbonyl (C=O) groups excluding carboxylic acids is 2. The summed E-state index contributed by atoms with van der Waals surface area (Å²) in [6, 6.07) is 12.2. The van der Waals surface area contributed by atoms with Crippen LogP contribution in [0.1, 0.15) is 42.6 Å². The summed E-state index contributed by atoms with van der Waals surface area (Å²) in [4.78, 5) is 33.1. The van der Waals surface area contributed by atoms with E-state index in [1.165, 1.54) is 41.9 Å². The smallest absolute Gasteiger partial charge is 0.310 e. The summed E-state index contributed by atoms with van der Waals surface area (Å²) in [5.41, 5.74) is 0.857. The van der Waals surface area contributed by atoms with E-state index < -0.39 is 21.9 Å². The number of aromatic nitrogens is 2. The van der Waals surface area contributed by atoms with Crippen LogP contribution in [-0.2, 0) is 26.0 Å². The molecule has 1 aromatic carbocycles. The van der Waals surface area contributed by atoms with E-state index in [1.54, 1.807) is 24.3 Å². The van der Waals surface area contributed by atoms with E-state index in [2.05, 4.69) is 20.0 Å². The van der Waals surface area contributed by atoms with Crippen molar-refractivity contribution in [3.8, 4) is 17.5 Å². The Balaban J connectivity index is 1.51. The Morgan fingerprint density at radius 3 is 2.33 bits per heavy atom. The van der Waals surface area contributed by atoms with E-state index in [1.807, 2.05) is 13.8 Å². The second-order valence-corrected chi connectivity index (χ2v) is 11.1. The van der Waals surface area contributed by atoms with E-state index in [9.17, 15) is 18.0 Å². The van der Waals surface area contributed by atoms with Crippen molar-refractivity contribution in [2.24, 2.45) is 0 Å². The summed E-state index contributed by atoms with van der Waals surface area (Å²) in [5, 5.41) is 2.70. The molecule has 206 valence electrons. The molecular formula is C27H30N4O7S. The average molecular weight is 555 g/mol. The van der Waals surface area contributed by atoms with Crippen LogP contribution in [0.25, 0.3) is 0 Å². The number of hydrogen-bond acceptors (Lipinski definition) is 9. The van der Waals surface area contributed by atoms with E-state index in [0.717, 1.165) is 12.8 Å². The fourth-order valence-electron chi connectivity index (χ4n) is 3.87. The number of pyridine rings is 2. The highest BCUT2D eigenvalue weighted by Crippen LogP contribution is 2.27. The molecule has 0 spiro atoms. The number of rotatable bonds is 10. The van der Waals surface area contributed by atoms with Gasteiger partial charge in [0, 0.05) is 31.4 Å². The van der Waals surface area contributed by atoms with Gasteiger partial charge in [0.1, 0.15) is 11.6 Å². The van der Waals surface area contributed by atoms with Gasteiger partial charge in [-0.25, -0.2) is 13.4 Å². The molecule has 1 N–H and O–H groups in total. The van der Waals surface area contributed by atoms with Crippen molar-refractivity contribution in [1.29, 1.82) is 0 Å². The molecule has 1 aliphatic heterocycles. The van der Waals surface area contributed by atoms with Crippen LogP contribution >= 0.6 is 0 Å². The fourth-order valence-corrected chi connectivity index (χ4v) is 5.39. The lowest BCUT2D eigenvalue weighted by molar-refractivity contribution is -0.139. The molecule has 1 amide bonds. The molecule has 1 fully saturated rings. The minimum absolute atomic E-state index is 0.0733. The minimum atomic E-state index is -3.55. The van der Waals surface area contributed by atoms with Crippen LogP contribution in [0.4, 0.5) is 5.82 Å². The molecule has 0 aliphatic carbocycles. The van der Waals surface area contributed by atoms with Crippen LogP contribution in [0, 0.1) is 0 Å². The Labute approximate surface area is 227 Å². The highest BCUT2D eigenvalue weighted by atomic mass is 32.2. The van der Waals surface area contributed by atoms with Crippen molar-refractivity contribution in [3.63, 3.8) is 0 Å². The highest BCUT2D eigenvalue weighted by molar-refractivity contribution is 7.89. The molecule has 3 aromatic rings. The number of carbonyl (C=O) groups is 2. The first-order valence-electron chi connectivity index (χ1n) is 12.4. The quantitative estimate of drug-likeness (QED) is 0.371. The molecule has 0 bridgehead atoms. The maximum Gasteiger partial charge on any atom is 0.310 e. The molecule has 39 heavy (non-hydrogen) atoms. The van der Waals surface area contributed by atoms with Crippen LogP contribution in [0.15, 0.2) is 59.6 Å². The molecule has 0 radical (unpaired) electrons. The largest absolute Gasteiger partial charge is 0.475 e. The third-order valence-electron chi connectivity index (χ3n) is 5.79. The number of amides is 1. The van der Waals surface area contributed by atoms with Gasteiger partial charge in [-0.2, -0.15) is 9.29 Å². The summed E-state index contributed by atoms with van der Waals surface area (Å²) in [5.74, 6) is 0.0412. The Bertz CT molecular complexity index is 1420. The molecule has 0 atom stereocenters. The topological polar surface area (TPSA) is 137 Å². The van der Waals surface area contributed by atoms with E-state index in [-0.39, 0.29) is 40.6 Å². The molecule has 1 saturated heterocycles. The summed E-state index contributed by atoms with van der Waals surface area (Å²) >= 11 is 0. The molecule has 4 rings (SSSR count). The van der Waals surface area contributed by atoms with Gasteiger partial charge >= 0.3 is 5.97 Å². The zero-order valence-electron chi connectivity index (χ0n) is 21.9. The van der Waals surface area contributed by atoms with Crippen LogP contribution in [0.3, 0.4) is 0 Å². The zero-order valence-corrected chi connectivity index (χ0v) is 22.7. The number of nitrogens with zero attached hydrogens (tertiary/aromatic N) is 3. The van der Waals surface area contributed by atoms with Crippen LogP contribution < -0.4 is 14.8 Å². The van der Waals surface area contributed by atoms with Gasteiger partial charge in [0.25, 0.3) is 5.91 Å². The SMILES string of the molecule is COC(=O)Cc1ccc(NC(=O)c2cc(Oc3ccc(S(=O)(=O)N4CCCC4)cc3)nc(OC(C)C)c2)nc1. The maximum absolute atomic E-state index is 13.0. The molecular weight excluding hydrogens is 524 g/mol. The van der Waals surface area contributed by atoms with Crippen molar-refractivity contribution in [1.82, 2.24) is 14.3 Å². The van der Waals surface area contributed by atoms with Crippen molar-refractivity contribution in [2.75, 3.05) is 25.5 Å². The van der Waals surface area contributed by atoms with E-state index in [0.29, 0.717) is 24.4 Å². The number of esters is 1. The zero-order chi connectivity index (χ0) is 28.0. The lowest BCUT2D eigenvalue weighted by atomic mass is 10.2. The Morgan fingerprint density at radius 1 is 1.03 bits per heavy atom. The fraction of sp³-hybridized carbons (Fsp3) is 0.333. The summed E-state index contributed by atoms with van der Waals surface area (Å²) in [7, 11) is -2.24. The van der Waals surface area contributed by atoms with Gasteiger partial charge in [0.15, 0.2) is 0 Å². The Kier molecular flexibility index (Phi) is 8.77. The lowest BCUT2D eigenvalue weighted by Crippen LogP contribution is -2.27. The second kappa shape index (κ2) is 12.2. The van der Waals surface area contributed by atoms with E-state index in [4.69, 9.17) is 9.47 Å². The third-order valence-corrected chi connectivity index (χ3v) is 7.70. The van der Waals surface area contributed by atoms with Crippen LogP contribution in [-0.4, -0.2) is 60.9 Å². The summed E-state index contributed by atoms with van der Waals surface area (Å²) < 4.78 is 43.3. The standard InChI is InChI=1S/C27H30N4O7S/c1-18(2)37-24-15-20(27(33)29-23-11-6-19(17-28-23)14-26(32)36-3)16-25(30-24)38-21-7-9-22(10-8-21)39(34,35)31-12-4-5-13-31/h6-11,15-18H,4-5,12-14H2,1-3H3,(H,28,29,33). The number of benzene rings is 1. The number of anilines is 1. The minimum Gasteiger partial charge on any atom is -0.475 e. The van der Waals surface area contributed by atoms with Gasteiger partial charge in [0.05, 0.1) is 30.1 Å². The monoisotopic (exact) mass is 554 g/mol. The van der Waals surface area contributed by atoms with Crippen LogP contribution in [0.5, 0.6) is 17.5 Å². The molecule has 0 saturated carbocycles. The van der Waals surface area contributed by atoms with Crippen LogP contribution in [0.2, 0.25) is 0 Å². The number of hydrogen-bond donors (Lipinski definition) is 1. The first kappa shape index (κ1) is 28.0. The lowest BCUT2D eigenvalue weighted by Gasteiger charge is -2.16. The van der Waals surface area contributed by atoms with Gasteiger partial charge in [-0.15, -0.1) is 0 Å².